The van der Waals surface area contributed by atoms with E-state index in [0.717, 1.165) is 11.3 Å². The highest BCUT2D eigenvalue weighted by Crippen LogP contribution is 2.14. The molecule has 28 heavy (non-hydrogen) atoms. The van der Waals surface area contributed by atoms with Crippen molar-refractivity contribution in [2.75, 3.05) is 0 Å². The van der Waals surface area contributed by atoms with E-state index in [4.69, 9.17) is 5.73 Å². The van der Waals surface area contributed by atoms with Crippen LogP contribution in [0, 0.1) is 6.92 Å². The molecule has 1 heterocycles. The summed E-state index contributed by atoms with van der Waals surface area (Å²) in [6.45, 7) is 1.79. The highest BCUT2D eigenvalue weighted by molar-refractivity contribution is 5.94. The van der Waals surface area contributed by atoms with Crippen molar-refractivity contribution in [3.63, 3.8) is 0 Å². The van der Waals surface area contributed by atoms with Crippen molar-refractivity contribution >= 4 is 11.8 Å². The number of aliphatic hydroxyl groups excluding tert-OH is 1. The predicted molar refractivity (Wildman–Crippen MR) is 105 cm³/mol. The summed E-state index contributed by atoms with van der Waals surface area (Å²) in [6, 6.07) is 19.3. The molecule has 0 spiro atoms. The topological polar surface area (TPSA) is 110 Å². The third-order valence-electron chi connectivity index (χ3n) is 4.35. The van der Waals surface area contributed by atoms with E-state index >= 15 is 0 Å². The number of nitrogens with zero attached hydrogens (tertiary/aromatic N) is 2. The van der Waals surface area contributed by atoms with E-state index in [1.165, 1.54) is 4.68 Å². The lowest BCUT2D eigenvalue weighted by Crippen LogP contribution is -2.50. The Kier molecular flexibility index (Phi) is 5.86. The molecule has 2 atom stereocenters. The summed E-state index contributed by atoms with van der Waals surface area (Å²) in [5.74, 6) is -1.35. The van der Waals surface area contributed by atoms with Gasteiger partial charge in [0.1, 0.15) is 5.69 Å². The van der Waals surface area contributed by atoms with Crippen LogP contribution in [0.15, 0.2) is 66.7 Å². The molecular formula is C21H22N4O3. The fourth-order valence-electron chi connectivity index (χ4n) is 2.98. The maximum absolute atomic E-state index is 12.9. The summed E-state index contributed by atoms with van der Waals surface area (Å²) in [6.07, 6.45) is -1.26. The number of aromatic nitrogens is 2. The van der Waals surface area contributed by atoms with Crippen LogP contribution in [0.3, 0.4) is 0 Å². The highest BCUT2D eigenvalue weighted by atomic mass is 16.3. The Balaban J connectivity index is 1.87. The average Bonchev–Trinajstić information content (AvgIpc) is 3.10. The SMILES string of the molecule is Cc1cc(C(=O)N[C@@H](Cc2ccccc2)C(O)C(N)=O)n(-c2ccccc2)n1. The number of aryl methyl sites for hydroxylation is 1. The number of rotatable bonds is 7. The van der Waals surface area contributed by atoms with E-state index in [9.17, 15) is 14.7 Å². The summed E-state index contributed by atoms with van der Waals surface area (Å²) in [4.78, 5) is 24.5. The van der Waals surface area contributed by atoms with Crippen LogP contribution in [-0.2, 0) is 11.2 Å². The van der Waals surface area contributed by atoms with Crippen molar-refractivity contribution in [2.45, 2.75) is 25.5 Å². The van der Waals surface area contributed by atoms with Crippen molar-refractivity contribution in [3.05, 3.63) is 83.7 Å². The van der Waals surface area contributed by atoms with Crippen LogP contribution in [0.25, 0.3) is 5.69 Å². The molecule has 0 saturated heterocycles. The predicted octanol–water partition coefficient (Wildman–Crippen LogP) is 1.37. The zero-order valence-corrected chi connectivity index (χ0v) is 15.4. The van der Waals surface area contributed by atoms with Crippen LogP contribution < -0.4 is 11.1 Å². The lowest BCUT2D eigenvalue weighted by Gasteiger charge is -2.22. The van der Waals surface area contributed by atoms with Gasteiger partial charge in [-0.2, -0.15) is 5.10 Å². The minimum absolute atomic E-state index is 0.259. The molecule has 4 N–H and O–H groups in total. The van der Waals surface area contributed by atoms with E-state index in [-0.39, 0.29) is 6.42 Å². The summed E-state index contributed by atoms with van der Waals surface area (Å²) < 4.78 is 1.53. The van der Waals surface area contributed by atoms with Crippen molar-refractivity contribution in [3.8, 4) is 5.69 Å². The number of hydrogen-bond acceptors (Lipinski definition) is 4. The maximum Gasteiger partial charge on any atom is 0.270 e. The lowest BCUT2D eigenvalue weighted by atomic mass is 10.0. The molecule has 1 aromatic heterocycles. The van der Waals surface area contributed by atoms with E-state index in [1.807, 2.05) is 60.7 Å². The second-order valence-corrected chi connectivity index (χ2v) is 6.54. The molecule has 0 fully saturated rings. The molecule has 0 aliphatic rings. The monoisotopic (exact) mass is 378 g/mol. The van der Waals surface area contributed by atoms with Crippen molar-refractivity contribution < 1.29 is 14.7 Å². The molecule has 0 saturated carbocycles. The van der Waals surface area contributed by atoms with Crippen LogP contribution in [-0.4, -0.2) is 38.8 Å². The van der Waals surface area contributed by atoms with Crippen molar-refractivity contribution in [2.24, 2.45) is 5.73 Å². The number of primary amides is 1. The Morgan fingerprint density at radius 2 is 1.71 bits per heavy atom. The molecule has 144 valence electrons. The van der Waals surface area contributed by atoms with Gasteiger partial charge in [-0.15, -0.1) is 0 Å². The van der Waals surface area contributed by atoms with Crippen LogP contribution >= 0.6 is 0 Å². The molecular weight excluding hydrogens is 356 g/mol. The largest absolute Gasteiger partial charge is 0.381 e. The van der Waals surface area contributed by atoms with Crippen LogP contribution in [0.1, 0.15) is 21.7 Å². The first-order valence-electron chi connectivity index (χ1n) is 8.90. The number of nitrogens with two attached hydrogens (primary N) is 1. The first kappa shape index (κ1) is 19.3. The molecule has 0 aliphatic carbocycles. The molecule has 2 aromatic carbocycles. The molecule has 0 aliphatic heterocycles. The van der Waals surface area contributed by atoms with Crippen LogP contribution in [0.5, 0.6) is 0 Å². The Morgan fingerprint density at radius 1 is 1.11 bits per heavy atom. The van der Waals surface area contributed by atoms with Gasteiger partial charge >= 0.3 is 0 Å². The van der Waals surface area contributed by atoms with E-state index in [2.05, 4.69) is 10.4 Å². The zero-order chi connectivity index (χ0) is 20.1. The van der Waals surface area contributed by atoms with Gasteiger partial charge in [0.05, 0.1) is 17.4 Å². The minimum Gasteiger partial charge on any atom is -0.381 e. The van der Waals surface area contributed by atoms with E-state index in [1.54, 1.807) is 13.0 Å². The van der Waals surface area contributed by atoms with Crippen LogP contribution in [0.4, 0.5) is 0 Å². The first-order chi connectivity index (χ1) is 13.5. The number of aliphatic hydroxyl groups is 1. The summed E-state index contributed by atoms with van der Waals surface area (Å²) in [5, 5.41) is 17.3. The van der Waals surface area contributed by atoms with Crippen molar-refractivity contribution in [1.82, 2.24) is 15.1 Å². The standard InChI is InChI=1S/C21H22N4O3/c1-14-12-18(25(24-14)16-10-6-3-7-11-16)21(28)23-17(19(26)20(22)27)13-15-8-4-2-5-9-15/h2-12,17,19,26H,13H2,1H3,(H2,22,27)(H,23,28)/t17-,19?/m0/s1. The van der Waals surface area contributed by atoms with Crippen LogP contribution in [0.2, 0.25) is 0 Å². The van der Waals surface area contributed by atoms with Gasteiger partial charge in [0.2, 0.25) is 5.91 Å². The summed E-state index contributed by atoms with van der Waals surface area (Å²) in [5.41, 5.74) is 7.84. The number of carbonyl (C=O) groups excluding carboxylic acids is 2. The minimum atomic E-state index is -1.52. The van der Waals surface area contributed by atoms with Gasteiger partial charge in [0, 0.05) is 0 Å². The van der Waals surface area contributed by atoms with Gasteiger partial charge in [-0.25, -0.2) is 4.68 Å². The third-order valence-corrected chi connectivity index (χ3v) is 4.35. The second-order valence-electron chi connectivity index (χ2n) is 6.54. The zero-order valence-electron chi connectivity index (χ0n) is 15.4. The molecule has 0 bridgehead atoms. The molecule has 2 amide bonds. The quantitative estimate of drug-likeness (QED) is 0.577. The maximum atomic E-state index is 12.9. The number of carbonyl (C=O) groups is 2. The fraction of sp³-hybridized carbons (Fsp3) is 0.190. The molecule has 7 nitrogen and oxygen atoms in total. The average molecular weight is 378 g/mol. The number of nitrogens with one attached hydrogen (secondary N) is 1. The van der Waals surface area contributed by atoms with E-state index < -0.39 is 24.0 Å². The molecule has 3 aromatic rings. The molecule has 0 radical (unpaired) electrons. The first-order valence-corrected chi connectivity index (χ1v) is 8.90. The third kappa shape index (κ3) is 4.44. The summed E-state index contributed by atoms with van der Waals surface area (Å²) >= 11 is 0. The van der Waals surface area contributed by atoms with Gasteiger partial charge in [-0.05, 0) is 37.1 Å². The normalized spacial score (nSPS) is 12.9. The molecule has 3 rings (SSSR count). The molecule has 1 unspecified atom stereocenters. The Bertz CT molecular complexity index is 954. The lowest BCUT2D eigenvalue weighted by molar-refractivity contribution is -0.127. The smallest absolute Gasteiger partial charge is 0.270 e. The van der Waals surface area contributed by atoms with Gasteiger partial charge in [-0.3, -0.25) is 9.59 Å². The van der Waals surface area contributed by atoms with Gasteiger partial charge < -0.3 is 16.2 Å². The Morgan fingerprint density at radius 3 is 2.32 bits per heavy atom. The Labute approximate surface area is 162 Å². The van der Waals surface area contributed by atoms with Gasteiger partial charge in [0.15, 0.2) is 6.10 Å². The highest BCUT2D eigenvalue weighted by Gasteiger charge is 2.28. The number of hydrogen-bond donors (Lipinski definition) is 3. The second kappa shape index (κ2) is 8.49. The molecule has 7 heteroatoms. The number of benzene rings is 2. The Hall–Kier alpha value is -3.45. The number of para-hydroxylation sites is 1. The van der Waals surface area contributed by atoms with Crippen molar-refractivity contribution in [1.29, 1.82) is 0 Å². The van der Waals surface area contributed by atoms with E-state index in [0.29, 0.717) is 11.4 Å². The number of amides is 2. The van der Waals surface area contributed by atoms with Gasteiger partial charge in [-0.1, -0.05) is 48.5 Å². The fourth-order valence-corrected chi connectivity index (χ4v) is 2.98. The van der Waals surface area contributed by atoms with Gasteiger partial charge in [0.25, 0.3) is 5.91 Å². The summed E-state index contributed by atoms with van der Waals surface area (Å²) in [7, 11) is 0.